The molecule has 6 heteroatoms. The van der Waals surface area contributed by atoms with Crippen molar-refractivity contribution in [2.75, 3.05) is 42.6 Å². The van der Waals surface area contributed by atoms with Crippen molar-refractivity contribution >= 4 is 23.4 Å². The Morgan fingerprint density at radius 2 is 1.96 bits per heavy atom. The normalized spacial score (nSPS) is 19.7. The van der Waals surface area contributed by atoms with Crippen LogP contribution in [0.5, 0.6) is 5.88 Å². The summed E-state index contributed by atoms with van der Waals surface area (Å²) in [5.74, 6) is 2.84. The summed E-state index contributed by atoms with van der Waals surface area (Å²) in [4.78, 5) is 21.5. The first-order valence-corrected chi connectivity index (χ1v) is 11.1. The van der Waals surface area contributed by atoms with Gasteiger partial charge in [-0.1, -0.05) is 12.1 Å². The smallest absolute Gasteiger partial charge is 0.255 e. The van der Waals surface area contributed by atoms with Gasteiger partial charge in [0.25, 0.3) is 5.91 Å². The van der Waals surface area contributed by atoms with Crippen molar-refractivity contribution in [3.8, 4) is 5.88 Å². The molecule has 2 saturated heterocycles. The average molecular weight is 398 g/mol. The lowest BCUT2D eigenvalue weighted by Crippen LogP contribution is -2.49. The summed E-state index contributed by atoms with van der Waals surface area (Å²) in [5, 5.41) is 0. The molecule has 1 atom stereocenters. The summed E-state index contributed by atoms with van der Waals surface area (Å²) in [5.41, 5.74) is 4.54. The highest BCUT2D eigenvalue weighted by atomic mass is 32.2. The van der Waals surface area contributed by atoms with E-state index in [1.165, 1.54) is 16.8 Å². The van der Waals surface area contributed by atoms with E-state index < -0.39 is 0 Å². The number of piperazine rings is 1. The van der Waals surface area contributed by atoms with Gasteiger partial charge in [-0.3, -0.25) is 4.79 Å². The van der Waals surface area contributed by atoms with Crippen LogP contribution in [0.4, 0.5) is 5.69 Å². The van der Waals surface area contributed by atoms with Crippen LogP contribution in [-0.4, -0.2) is 59.6 Å². The van der Waals surface area contributed by atoms with E-state index in [2.05, 4.69) is 41.9 Å². The Morgan fingerprint density at radius 1 is 1.14 bits per heavy atom. The van der Waals surface area contributed by atoms with Gasteiger partial charge in [0.2, 0.25) is 5.88 Å². The molecular formula is C22H27N3O2S. The third-order valence-corrected chi connectivity index (χ3v) is 6.77. The first kappa shape index (κ1) is 19.1. The minimum atomic E-state index is 0.0519. The summed E-state index contributed by atoms with van der Waals surface area (Å²) in [6.45, 7) is 7.47. The molecule has 3 heterocycles. The van der Waals surface area contributed by atoms with Crippen LogP contribution in [0.3, 0.4) is 0 Å². The zero-order valence-corrected chi connectivity index (χ0v) is 17.4. The van der Waals surface area contributed by atoms with Crippen LogP contribution >= 0.6 is 11.8 Å². The number of carbonyl (C=O) groups is 1. The third kappa shape index (κ3) is 4.12. The van der Waals surface area contributed by atoms with E-state index in [9.17, 15) is 4.79 Å². The third-order valence-electron chi connectivity index (χ3n) is 5.64. The molecule has 0 bridgehead atoms. The van der Waals surface area contributed by atoms with Crippen molar-refractivity contribution in [2.24, 2.45) is 0 Å². The van der Waals surface area contributed by atoms with Gasteiger partial charge in [0.1, 0.15) is 6.10 Å². The van der Waals surface area contributed by atoms with Crippen LogP contribution in [-0.2, 0) is 0 Å². The molecule has 5 nitrogen and oxygen atoms in total. The number of rotatable bonds is 4. The van der Waals surface area contributed by atoms with E-state index in [4.69, 9.17) is 4.74 Å². The van der Waals surface area contributed by atoms with Crippen molar-refractivity contribution in [1.82, 2.24) is 9.88 Å². The lowest BCUT2D eigenvalue weighted by Gasteiger charge is -2.37. The number of aromatic nitrogens is 1. The molecule has 28 heavy (non-hydrogen) atoms. The van der Waals surface area contributed by atoms with E-state index in [-0.39, 0.29) is 12.0 Å². The number of ether oxygens (including phenoxy) is 1. The number of thioether (sulfide) groups is 1. The highest BCUT2D eigenvalue weighted by Gasteiger charge is 2.24. The molecule has 1 aromatic heterocycles. The van der Waals surface area contributed by atoms with E-state index in [0.717, 1.165) is 44.1 Å². The van der Waals surface area contributed by atoms with E-state index in [1.54, 1.807) is 6.20 Å². The van der Waals surface area contributed by atoms with Crippen LogP contribution in [0.25, 0.3) is 0 Å². The predicted molar refractivity (Wildman–Crippen MR) is 115 cm³/mol. The number of hydrogen-bond donors (Lipinski definition) is 0. The SMILES string of the molecule is Cc1cccc(N2CCN(C(=O)c3ccc(OC4CCSC4)nc3)CC2)c1C. The summed E-state index contributed by atoms with van der Waals surface area (Å²) in [7, 11) is 0. The molecular weight excluding hydrogens is 370 g/mol. The molecule has 0 aliphatic carbocycles. The number of anilines is 1. The van der Waals surface area contributed by atoms with Gasteiger partial charge >= 0.3 is 0 Å². The standard InChI is InChI=1S/C22H27N3O2S/c1-16-4-3-5-20(17(16)2)24-9-11-25(12-10-24)22(26)18-6-7-21(23-14-18)27-19-8-13-28-15-19/h3-7,14,19H,8-13,15H2,1-2H3. The Kier molecular flexibility index (Phi) is 5.76. The van der Waals surface area contributed by atoms with Gasteiger partial charge in [0.05, 0.1) is 5.56 Å². The topological polar surface area (TPSA) is 45.7 Å². The molecule has 2 aliphatic heterocycles. The van der Waals surface area contributed by atoms with Crippen LogP contribution in [0.15, 0.2) is 36.5 Å². The number of nitrogens with zero attached hydrogens (tertiary/aromatic N) is 3. The summed E-state index contributed by atoms with van der Waals surface area (Å²) < 4.78 is 5.88. The summed E-state index contributed by atoms with van der Waals surface area (Å²) in [6, 6.07) is 10.1. The van der Waals surface area contributed by atoms with Crippen molar-refractivity contribution in [2.45, 2.75) is 26.4 Å². The number of amides is 1. The molecule has 1 unspecified atom stereocenters. The van der Waals surface area contributed by atoms with Crippen molar-refractivity contribution in [3.63, 3.8) is 0 Å². The lowest BCUT2D eigenvalue weighted by atomic mass is 10.1. The van der Waals surface area contributed by atoms with Crippen LogP contribution in [0.2, 0.25) is 0 Å². The van der Waals surface area contributed by atoms with Crippen LogP contribution in [0, 0.1) is 13.8 Å². The minimum Gasteiger partial charge on any atom is -0.473 e. The van der Waals surface area contributed by atoms with Crippen molar-refractivity contribution in [3.05, 3.63) is 53.2 Å². The zero-order valence-electron chi connectivity index (χ0n) is 16.6. The first-order valence-electron chi connectivity index (χ1n) is 9.93. The number of carbonyl (C=O) groups excluding carboxylic acids is 1. The molecule has 0 saturated carbocycles. The largest absolute Gasteiger partial charge is 0.473 e. The average Bonchev–Trinajstić information content (AvgIpc) is 3.23. The Morgan fingerprint density at radius 3 is 2.64 bits per heavy atom. The van der Waals surface area contributed by atoms with E-state index >= 15 is 0 Å². The zero-order chi connectivity index (χ0) is 19.5. The molecule has 2 aliphatic rings. The quantitative estimate of drug-likeness (QED) is 0.790. The summed E-state index contributed by atoms with van der Waals surface area (Å²) in [6.07, 6.45) is 2.96. The van der Waals surface area contributed by atoms with Crippen molar-refractivity contribution in [1.29, 1.82) is 0 Å². The number of hydrogen-bond acceptors (Lipinski definition) is 5. The van der Waals surface area contributed by atoms with Gasteiger partial charge in [0.15, 0.2) is 0 Å². The highest BCUT2D eigenvalue weighted by Crippen LogP contribution is 2.25. The number of benzene rings is 1. The van der Waals surface area contributed by atoms with E-state index in [0.29, 0.717) is 11.4 Å². The number of aryl methyl sites for hydroxylation is 1. The Bertz CT molecular complexity index is 826. The molecule has 2 fully saturated rings. The maximum atomic E-state index is 12.8. The fourth-order valence-electron chi connectivity index (χ4n) is 3.76. The predicted octanol–water partition coefficient (Wildman–Crippen LogP) is 3.55. The Hall–Kier alpha value is -2.21. The van der Waals surface area contributed by atoms with Gasteiger partial charge in [-0.2, -0.15) is 11.8 Å². The minimum absolute atomic E-state index is 0.0519. The van der Waals surface area contributed by atoms with Crippen LogP contribution < -0.4 is 9.64 Å². The number of pyridine rings is 1. The van der Waals surface area contributed by atoms with E-state index in [1.807, 2.05) is 28.8 Å². The van der Waals surface area contributed by atoms with Gasteiger partial charge in [-0.15, -0.1) is 0 Å². The molecule has 148 valence electrons. The fraction of sp³-hybridized carbons (Fsp3) is 0.455. The maximum absolute atomic E-state index is 12.8. The van der Waals surface area contributed by atoms with Gasteiger partial charge in [-0.05, 0) is 49.3 Å². The second kappa shape index (κ2) is 8.43. The fourth-order valence-corrected chi connectivity index (χ4v) is 4.86. The molecule has 2 aromatic rings. The second-order valence-corrected chi connectivity index (χ2v) is 8.64. The molecule has 0 N–H and O–H groups in total. The highest BCUT2D eigenvalue weighted by molar-refractivity contribution is 7.99. The molecule has 0 radical (unpaired) electrons. The second-order valence-electron chi connectivity index (χ2n) is 7.49. The first-order chi connectivity index (χ1) is 13.6. The van der Waals surface area contributed by atoms with Gasteiger partial charge in [0, 0.05) is 49.9 Å². The Balaban J connectivity index is 1.35. The van der Waals surface area contributed by atoms with Crippen molar-refractivity contribution < 1.29 is 9.53 Å². The van der Waals surface area contributed by atoms with Crippen LogP contribution in [0.1, 0.15) is 27.9 Å². The maximum Gasteiger partial charge on any atom is 0.255 e. The molecule has 0 spiro atoms. The molecule has 1 amide bonds. The summed E-state index contributed by atoms with van der Waals surface area (Å²) >= 11 is 1.91. The lowest BCUT2D eigenvalue weighted by molar-refractivity contribution is 0.0746. The molecule has 1 aromatic carbocycles. The Labute approximate surface area is 171 Å². The monoisotopic (exact) mass is 397 g/mol. The van der Waals surface area contributed by atoms with Gasteiger partial charge < -0.3 is 14.5 Å². The molecule has 4 rings (SSSR count). The van der Waals surface area contributed by atoms with Gasteiger partial charge in [-0.25, -0.2) is 4.98 Å².